The number of benzene rings is 1. The van der Waals surface area contributed by atoms with Crippen LogP contribution in [0.3, 0.4) is 0 Å². The van der Waals surface area contributed by atoms with Gasteiger partial charge in [-0.2, -0.15) is 0 Å². The van der Waals surface area contributed by atoms with Crippen molar-refractivity contribution >= 4 is 33.0 Å². The lowest BCUT2D eigenvalue weighted by Gasteiger charge is -2.19. The van der Waals surface area contributed by atoms with Crippen LogP contribution in [0.25, 0.3) is 0 Å². The third kappa shape index (κ3) is 4.11. The zero-order valence-corrected chi connectivity index (χ0v) is 15.2. The van der Waals surface area contributed by atoms with Crippen LogP contribution in [-0.4, -0.2) is 39.6 Å². The van der Waals surface area contributed by atoms with Gasteiger partial charge in [-0.3, -0.25) is 9.10 Å². The number of thiophene rings is 1. The molecule has 1 amide bonds. The van der Waals surface area contributed by atoms with E-state index in [0.29, 0.717) is 17.8 Å². The van der Waals surface area contributed by atoms with Crippen molar-refractivity contribution in [1.29, 1.82) is 0 Å². The molecule has 0 aliphatic rings. The average Bonchev–Trinajstić information content (AvgIpc) is 2.90. The Labute approximate surface area is 141 Å². The van der Waals surface area contributed by atoms with E-state index in [1.54, 1.807) is 47.5 Å². The van der Waals surface area contributed by atoms with Gasteiger partial charge in [0.2, 0.25) is 10.0 Å². The van der Waals surface area contributed by atoms with E-state index >= 15 is 0 Å². The van der Waals surface area contributed by atoms with Crippen LogP contribution >= 0.6 is 11.3 Å². The van der Waals surface area contributed by atoms with E-state index in [4.69, 9.17) is 0 Å². The zero-order valence-electron chi connectivity index (χ0n) is 13.6. The third-order valence-corrected chi connectivity index (χ3v) is 5.88. The molecule has 7 heteroatoms. The summed E-state index contributed by atoms with van der Waals surface area (Å²) < 4.78 is 24.2. The molecule has 1 heterocycles. The Hall–Kier alpha value is -1.86. The summed E-state index contributed by atoms with van der Waals surface area (Å²) in [6.07, 6.45) is 1.14. The first-order valence-electron chi connectivity index (χ1n) is 7.02. The maximum absolute atomic E-state index is 12.5. The summed E-state index contributed by atoms with van der Waals surface area (Å²) in [4.78, 5) is 15.3. The van der Waals surface area contributed by atoms with Gasteiger partial charge in [-0.05, 0) is 48.2 Å². The highest BCUT2D eigenvalue weighted by atomic mass is 32.2. The lowest BCUT2D eigenvalue weighted by atomic mass is 10.2. The largest absolute Gasteiger partial charge is 0.337 e. The first-order chi connectivity index (χ1) is 10.7. The first kappa shape index (κ1) is 17.5. The van der Waals surface area contributed by atoms with Gasteiger partial charge in [-0.25, -0.2) is 8.42 Å². The number of sulfonamides is 1. The number of aryl methyl sites for hydroxylation is 1. The molecule has 1 aromatic carbocycles. The van der Waals surface area contributed by atoms with Gasteiger partial charge in [0.05, 0.1) is 18.5 Å². The van der Waals surface area contributed by atoms with E-state index in [1.807, 2.05) is 18.4 Å². The number of hydrogen-bond acceptors (Lipinski definition) is 4. The number of carbonyl (C=O) groups excluding carboxylic acids is 1. The Balaban J connectivity index is 2.12. The summed E-state index contributed by atoms with van der Waals surface area (Å²) in [5.74, 6) is -0.0913. The van der Waals surface area contributed by atoms with Gasteiger partial charge >= 0.3 is 0 Å². The minimum Gasteiger partial charge on any atom is -0.337 e. The molecule has 2 aromatic rings. The van der Waals surface area contributed by atoms with E-state index in [2.05, 4.69) is 0 Å². The fourth-order valence-corrected chi connectivity index (χ4v) is 3.54. The minimum absolute atomic E-state index is 0.0913. The summed E-state index contributed by atoms with van der Waals surface area (Å²) in [6, 6.07) is 8.61. The van der Waals surface area contributed by atoms with Crippen LogP contribution in [0.2, 0.25) is 0 Å². The van der Waals surface area contributed by atoms with Crippen LogP contribution in [0.1, 0.15) is 20.8 Å². The second kappa shape index (κ2) is 6.72. The smallest absolute Gasteiger partial charge is 0.253 e. The van der Waals surface area contributed by atoms with E-state index in [9.17, 15) is 13.2 Å². The van der Waals surface area contributed by atoms with Crippen molar-refractivity contribution in [2.75, 3.05) is 24.7 Å². The summed E-state index contributed by atoms with van der Waals surface area (Å²) in [6.45, 7) is 2.59. The fourth-order valence-electron chi connectivity index (χ4n) is 2.08. The van der Waals surface area contributed by atoms with Crippen LogP contribution in [0, 0.1) is 6.92 Å². The van der Waals surface area contributed by atoms with Crippen molar-refractivity contribution in [3.8, 4) is 0 Å². The quantitative estimate of drug-likeness (QED) is 0.831. The van der Waals surface area contributed by atoms with E-state index in [-0.39, 0.29) is 5.91 Å². The number of hydrogen-bond donors (Lipinski definition) is 0. The van der Waals surface area contributed by atoms with Gasteiger partial charge in [0.15, 0.2) is 0 Å². The lowest BCUT2D eigenvalue weighted by Crippen LogP contribution is -2.27. The molecule has 5 nitrogen and oxygen atoms in total. The SMILES string of the molecule is Cc1ccsc1CN(C)C(=O)c1ccc(N(C)S(C)(=O)=O)cc1. The maximum Gasteiger partial charge on any atom is 0.253 e. The maximum atomic E-state index is 12.5. The number of anilines is 1. The number of rotatable bonds is 5. The fraction of sp³-hybridized carbons (Fsp3) is 0.312. The van der Waals surface area contributed by atoms with Crippen molar-refractivity contribution in [1.82, 2.24) is 4.90 Å². The van der Waals surface area contributed by atoms with Crippen molar-refractivity contribution in [2.24, 2.45) is 0 Å². The second-order valence-electron chi connectivity index (χ2n) is 5.47. The molecule has 0 bridgehead atoms. The molecular formula is C16H20N2O3S2. The van der Waals surface area contributed by atoms with Crippen molar-refractivity contribution in [3.63, 3.8) is 0 Å². The van der Waals surface area contributed by atoms with Crippen LogP contribution < -0.4 is 4.31 Å². The molecule has 0 aliphatic carbocycles. The van der Waals surface area contributed by atoms with Gasteiger partial charge in [0.1, 0.15) is 0 Å². The Bertz CT molecular complexity index is 795. The van der Waals surface area contributed by atoms with E-state index in [1.165, 1.54) is 16.9 Å². The highest BCUT2D eigenvalue weighted by Crippen LogP contribution is 2.20. The highest BCUT2D eigenvalue weighted by molar-refractivity contribution is 7.92. The van der Waals surface area contributed by atoms with Gasteiger partial charge in [0.25, 0.3) is 5.91 Å². The molecule has 0 fully saturated rings. The minimum atomic E-state index is -3.30. The van der Waals surface area contributed by atoms with Gasteiger partial charge < -0.3 is 4.90 Å². The van der Waals surface area contributed by atoms with Gasteiger partial charge in [-0.1, -0.05) is 0 Å². The Kier molecular flexibility index (Phi) is 5.11. The monoisotopic (exact) mass is 352 g/mol. The van der Waals surface area contributed by atoms with Gasteiger partial charge in [-0.15, -0.1) is 11.3 Å². The Morgan fingerprint density at radius 2 is 1.74 bits per heavy atom. The number of carbonyl (C=O) groups is 1. The Morgan fingerprint density at radius 3 is 2.22 bits per heavy atom. The topological polar surface area (TPSA) is 57.7 Å². The number of amides is 1. The standard InChI is InChI=1S/C16H20N2O3S2/c1-12-9-10-22-15(12)11-17(2)16(19)13-5-7-14(8-6-13)18(3)23(4,20)21/h5-10H,11H2,1-4H3. The predicted molar refractivity (Wildman–Crippen MR) is 94.5 cm³/mol. The summed E-state index contributed by atoms with van der Waals surface area (Å²) in [5.41, 5.74) is 2.24. The van der Waals surface area contributed by atoms with Gasteiger partial charge in [0, 0.05) is 24.5 Å². The molecule has 0 aliphatic heterocycles. The van der Waals surface area contributed by atoms with Crippen LogP contribution in [0.5, 0.6) is 0 Å². The molecule has 0 saturated heterocycles. The second-order valence-corrected chi connectivity index (χ2v) is 8.48. The molecule has 2 rings (SSSR count). The predicted octanol–water partition coefficient (Wildman–Crippen LogP) is 2.72. The molecule has 0 atom stereocenters. The summed E-state index contributed by atoms with van der Waals surface area (Å²) in [7, 11) is -0.0591. The molecule has 124 valence electrons. The summed E-state index contributed by atoms with van der Waals surface area (Å²) in [5, 5.41) is 2.01. The molecule has 0 unspecified atom stereocenters. The van der Waals surface area contributed by atoms with Crippen LogP contribution in [-0.2, 0) is 16.6 Å². The molecule has 23 heavy (non-hydrogen) atoms. The Morgan fingerprint density at radius 1 is 1.13 bits per heavy atom. The zero-order chi connectivity index (χ0) is 17.2. The molecule has 0 saturated carbocycles. The van der Waals surface area contributed by atoms with Crippen molar-refractivity contribution < 1.29 is 13.2 Å². The van der Waals surface area contributed by atoms with Crippen molar-refractivity contribution in [3.05, 3.63) is 51.7 Å². The molecule has 0 spiro atoms. The summed E-state index contributed by atoms with van der Waals surface area (Å²) >= 11 is 1.63. The molecule has 1 aromatic heterocycles. The third-order valence-electron chi connectivity index (χ3n) is 3.67. The van der Waals surface area contributed by atoms with Crippen LogP contribution in [0.4, 0.5) is 5.69 Å². The molecule has 0 N–H and O–H groups in total. The number of nitrogens with zero attached hydrogens (tertiary/aromatic N) is 2. The van der Waals surface area contributed by atoms with E-state index in [0.717, 1.165) is 11.1 Å². The van der Waals surface area contributed by atoms with E-state index < -0.39 is 10.0 Å². The van der Waals surface area contributed by atoms with Crippen LogP contribution in [0.15, 0.2) is 35.7 Å². The normalized spacial score (nSPS) is 11.3. The molecular weight excluding hydrogens is 332 g/mol. The highest BCUT2D eigenvalue weighted by Gasteiger charge is 2.16. The van der Waals surface area contributed by atoms with Crippen molar-refractivity contribution in [2.45, 2.75) is 13.5 Å². The molecule has 0 radical (unpaired) electrons. The first-order valence-corrected chi connectivity index (χ1v) is 9.75. The average molecular weight is 352 g/mol. The lowest BCUT2D eigenvalue weighted by molar-refractivity contribution is 0.0786.